The zero-order valence-electron chi connectivity index (χ0n) is 18.8. The summed E-state index contributed by atoms with van der Waals surface area (Å²) in [5.41, 5.74) is 4.18. The zero-order valence-corrected chi connectivity index (χ0v) is 20.3. The van der Waals surface area contributed by atoms with E-state index in [1.807, 2.05) is 35.9 Å². The van der Waals surface area contributed by atoms with Crippen LogP contribution >= 0.6 is 23.2 Å². The number of aryl methyl sites for hydroxylation is 2. The third kappa shape index (κ3) is 3.77. The van der Waals surface area contributed by atoms with Crippen molar-refractivity contribution in [1.82, 2.24) is 24.1 Å². The van der Waals surface area contributed by atoms with Crippen LogP contribution in [0.1, 0.15) is 22.6 Å². The molecule has 0 aliphatic rings. The molecule has 0 radical (unpaired) electrons. The van der Waals surface area contributed by atoms with Crippen LogP contribution in [0.5, 0.6) is 0 Å². The van der Waals surface area contributed by atoms with Crippen molar-refractivity contribution in [3.8, 4) is 17.3 Å². The van der Waals surface area contributed by atoms with E-state index in [4.69, 9.17) is 28.2 Å². The average molecular weight is 501 g/mol. The number of hydrogen-bond donors (Lipinski definition) is 0. The molecule has 0 bridgehead atoms. The normalized spacial score (nSPS) is 12.9. The van der Waals surface area contributed by atoms with Gasteiger partial charge < -0.3 is 9.13 Å². The second kappa shape index (κ2) is 8.66. The first kappa shape index (κ1) is 22.8. The second-order valence-corrected chi connectivity index (χ2v) is 9.10. The smallest absolute Gasteiger partial charge is 0.251 e. The van der Waals surface area contributed by atoms with E-state index < -0.39 is 4.87 Å². The Bertz CT molecular complexity index is 1680. The highest BCUT2D eigenvalue weighted by atomic mass is 35.5. The third-order valence-corrected chi connectivity index (χ3v) is 6.85. The molecule has 4 aromatic heterocycles. The summed E-state index contributed by atoms with van der Waals surface area (Å²) >= 11 is 13.6. The van der Waals surface area contributed by atoms with Crippen LogP contribution in [-0.2, 0) is 19.0 Å². The maximum Gasteiger partial charge on any atom is 0.251 e. The number of rotatable bonds is 4. The van der Waals surface area contributed by atoms with E-state index in [9.17, 15) is 10.1 Å². The molecule has 172 valence electrons. The fraction of sp³-hybridized carbons (Fsp3) is 0.115. The molecule has 5 aromatic rings. The number of benzene rings is 1. The van der Waals surface area contributed by atoms with Gasteiger partial charge in [-0.25, -0.2) is 15.0 Å². The first-order chi connectivity index (χ1) is 16.8. The molecule has 5 rings (SSSR count). The van der Waals surface area contributed by atoms with Crippen LogP contribution in [0.2, 0.25) is 5.02 Å². The molecule has 0 N–H and O–H groups in total. The largest absolute Gasteiger partial charge is 0.336 e. The summed E-state index contributed by atoms with van der Waals surface area (Å²) in [4.78, 5) is 25.2. The number of fused-ring (bicyclic) bond motifs is 1. The lowest BCUT2D eigenvalue weighted by Gasteiger charge is -2.28. The highest BCUT2D eigenvalue weighted by Crippen LogP contribution is 2.43. The molecule has 0 amide bonds. The van der Waals surface area contributed by atoms with Gasteiger partial charge in [-0.05, 0) is 42.0 Å². The Hall–Kier alpha value is -3.99. The van der Waals surface area contributed by atoms with Crippen LogP contribution in [-0.4, -0.2) is 24.1 Å². The number of nitriles is 1. The minimum Gasteiger partial charge on any atom is -0.336 e. The lowest BCUT2D eigenvalue weighted by molar-refractivity contribution is 0.729. The highest BCUT2D eigenvalue weighted by molar-refractivity contribution is 6.31. The van der Waals surface area contributed by atoms with Crippen LogP contribution < -0.4 is 5.56 Å². The predicted octanol–water partition coefficient (Wildman–Crippen LogP) is 4.78. The zero-order chi connectivity index (χ0) is 24.7. The molecule has 0 saturated carbocycles. The molecule has 0 saturated heterocycles. The molecule has 35 heavy (non-hydrogen) atoms. The molecule has 0 aliphatic heterocycles. The molecule has 0 fully saturated rings. The van der Waals surface area contributed by atoms with Crippen molar-refractivity contribution in [1.29, 1.82) is 5.26 Å². The number of alkyl halides is 1. The summed E-state index contributed by atoms with van der Waals surface area (Å²) in [6.45, 7) is 0. The van der Waals surface area contributed by atoms with Crippen LogP contribution in [0.25, 0.3) is 22.3 Å². The van der Waals surface area contributed by atoms with Crippen molar-refractivity contribution in [2.75, 3.05) is 0 Å². The summed E-state index contributed by atoms with van der Waals surface area (Å²) in [5.74, 6) is 0. The SMILES string of the molecule is Cn1cncc1[C@@](Cl)(c1ccc(Cl)cc1)c1ccc2c(n1)c(-c1cccc(C#N)n1)cc(=O)n2C. The Kier molecular flexibility index (Phi) is 5.64. The number of imidazole rings is 1. The molecule has 0 spiro atoms. The van der Waals surface area contributed by atoms with Gasteiger partial charge in [-0.2, -0.15) is 5.26 Å². The van der Waals surface area contributed by atoms with Gasteiger partial charge in [-0.1, -0.05) is 29.8 Å². The predicted molar refractivity (Wildman–Crippen MR) is 135 cm³/mol. The summed E-state index contributed by atoms with van der Waals surface area (Å²) < 4.78 is 3.36. The van der Waals surface area contributed by atoms with Crippen molar-refractivity contribution in [3.63, 3.8) is 0 Å². The topological polar surface area (TPSA) is 89.4 Å². The van der Waals surface area contributed by atoms with E-state index in [0.29, 0.717) is 38.7 Å². The van der Waals surface area contributed by atoms with Crippen molar-refractivity contribution in [3.05, 3.63) is 111 Å². The van der Waals surface area contributed by atoms with Crippen molar-refractivity contribution in [2.45, 2.75) is 4.87 Å². The second-order valence-electron chi connectivity index (χ2n) is 8.09. The van der Waals surface area contributed by atoms with Gasteiger partial charge in [0.05, 0.1) is 40.6 Å². The van der Waals surface area contributed by atoms with Crippen molar-refractivity contribution >= 4 is 34.2 Å². The number of pyridine rings is 3. The quantitative estimate of drug-likeness (QED) is 0.331. The molecular formula is C26H18Cl2N6O. The van der Waals surface area contributed by atoms with Crippen molar-refractivity contribution in [2.24, 2.45) is 14.1 Å². The van der Waals surface area contributed by atoms with Gasteiger partial charge in [0, 0.05) is 30.7 Å². The van der Waals surface area contributed by atoms with E-state index in [-0.39, 0.29) is 11.3 Å². The van der Waals surface area contributed by atoms with Gasteiger partial charge in [0.15, 0.2) is 4.87 Å². The fourth-order valence-electron chi connectivity index (χ4n) is 4.16. The fourth-order valence-corrected chi connectivity index (χ4v) is 4.70. The van der Waals surface area contributed by atoms with Crippen LogP contribution in [0.15, 0.2) is 78.0 Å². The molecule has 1 atom stereocenters. The molecule has 7 nitrogen and oxygen atoms in total. The van der Waals surface area contributed by atoms with Gasteiger partial charge in [-0.15, -0.1) is 11.6 Å². The highest BCUT2D eigenvalue weighted by Gasteiger charge is 2.38. The minimum absolute atomic E-state index is 0.215. The molecule has 0 unspecified atom stereocenters. The molecular weight excluding hydrogens is 483 g/mol. The Labute approximate surface area is 210 Å². The lowest BCUT2D eigenvalue weighted by atomic mass is 9.90. The van der Waals surface area contributed by atoms with E-state index >= 15 is 0 Å². The van der Waals surface area contributed by atoms with Gasteiger partial charge in [-0.3, -0.25) is 4.79 Å². The van der Waals surface area contributed by atoms with E-state index in [1.54, 1.807) is 56.0 Å². The van der Waals surface area contributed by atoms with E-state index in [1.165, 1.54) is 10.6 Å². The van der Waals surface area contributed by atoms with Crippen molar-refractivity contribution < 1.29 is 0 Å². The minimum atomic E-state index is -1.20. The molecule has 1 aromatic carbocycles. The Morgan fingerprint density at radius 2 is 1.80 bits per heavy atom. The first-order valence-corrected chi connectivity index (χ1v) is 11.4. The number of aromatic nitrogens is 5. The summed E-state index contributed by atoms with van der Waals surface area (Å²) in [7, 11) is 3.55. The van der Waals surface area contributed by atoms with Gasteiger partial charge >= 0.3 is 0 Å². The van der Waals surface area contributed by atoms with E-state index in [0.717, 1.165) is 5.56 Å². The standard InChI is InChI=1S/C26H18Cl2N6O/c1-33-15-30-14-23(33)26(28,16-6-8-17(27)9-7-16)22-11-10-21-25(32-22)19(12-24(35)34(21)2)20-5-3-4-18(13-29)31-20/h3-12,14-15H,1-2H3/t26-/m1/s1. The number of nitrogens with zero attached hydrogens (tertiary/aromatic N) is 6. The summed E-state index contributed by atoms with van der Waals surface area (Å²) in [6.07, 6.45) is 3.38. The van der Waals surface area contributed by atoms with Crippen LogP contribution in [0.3, 0.4) is 0 Å². The maximum absolute atomic E-state index is 12.7. The summed E-state index contributed by atoms with van der Waals surface area (Å²) in [5, 5.41) is 9.91. The van der Waals surface area contributed by atoms with E-state index in [2.05, 4.69) is 9.97 Å². The summed E-state index contributed by atoms with van der Waals surface area (Å²) in [6, 6.07) is 19.5. The molecule has 4 heterocycles. The van der Waals surface area contributed by atoms with Gasteiger partial charge in [0.1, 0.15) is 11.8 Å². The Balaban J connectivity index is 1.84. The molecule has 9 heteroatoms. The molecule has 0 aliphatic carbocycles. The average Bonchev–Trinajstić information content (AvgIpc) is 3.32. The van der Waals surface area contributed by atoms with Gasteiger partial charge in [0.2, 0.25) is 0 Å². The monoisotopic (exact) mass is 500 g/mol. The van der Waals surface area contributed by atoms with Gasteiger partial charge in [0.25, 0.3) is 5.56 Å². The number of hydrogen-bond acceptors (Lipinski definition) is 5. The van der Waals surface area contributed by atoms with Crippen LogP contribution in [0.4, 0.5) is 0 Å². The number of halogens is 2. The lowest BCUT2D eigenvalue weighted by Crippen LogP contribution is -2.27. The Morgan fingerprint density at radius 1 is 1.03 bits per heavy atom. The third-order valence-electron chi connectivity index (χ3n) is 5.99. The van der Waals surface area contributed by atoms with Crippen LogP contribution in [0, 0.1) is 11.3 Å². The first-order valence-electron chi connectivity index (χ1n) is 10.6. The Morgan fingerprint density at radius 3 is 2.49 bits per heavy atom. The maximum atomic E-state index is 12.7.